The number of nitrogens with zero attached hydrogens (tertiary/aromatic N) is 9. The van der Waals surface area contributed by atoms with E-state index in [0.29, 0.717) is 52.4 Å². The minimum Gasteiger partial charge on any atom is -0.208 e. The highest BCUT2D eigenvalue weighted by molar-refractivity contribution is 6.22. The Labute approximate surface area is 795 Å². The predicted octanol–water partition coefficient (Wildman–Crippen LogP) is 33.5. The molecule has 0 spiro atoms. The van der Waals surface area contributed by atoms with Crippen LogP contribution in [0.2, 0.25) is 0 Å². The standard InChI is InChI=1S/C47H29N3.C43H27N3.C39H25N3/c1-3-12-33-27-37(21-19-30(33)9-1)46-48-45(49-47(50-46)38-22-20-31-10-2-4-13-34(31)28-38)36-15-7-14-35(29-36)40-17-8-18-41-43(40)26-25-42-39-16-6-5-11-32(39)23-24-44(41)42;1-2-12-30(13-3-1)41-44-42(46-43(45-41)34-21-20-28-10-4-5-14-31(28)26-34)33-16-8-15-32(27-33)36-18-9-19-37-39(36)25-24-38-35-17-7-6-11-29(35)22-23-40(37)38;1-3-12-27(13-4-1)37-40-38(28-14-5-2-6-15-28)42-39(41-37)30-17-9-16-29(25-30)32-19-10-20-33-35(32)24-23-34-31-18-8-7-11-26(31)21-22-36(33)34/h1-29H;1-27H;1-25H. The number of hydrogen-bond donors (Lipinski definition) is 0. The first-order valence-corrected chi connectivity index (χ1v) is 46.6. The molecule has 0 fully saturated rings. The Morgan fingerprint density at radius 1 is 0.0870 bits per heavy atom. The molecule has 0 saturated heterocycles. The lowest BCUT2D eigenvalue weighted by atomic mass is 9.92. The van der Waals surface area contributed by atoms with E-state index in [-0.39, 0.29) is 0 Å². The lowest BCUT2D eigenvalue weighted by molar-refractivity contribution is 1.07. The van der Waals surface area contributed by atoms with Crippen LogP contribution < -0.4 is 0 Å². The highest BCUT2D eigenvalue weighted by Crippen LogP contribution is 2.44. The van der Waals surface area contributed by atoms with Gasteiger partial charge in [0.15, 0.2) is 52.4 Å². The summed E-state index contributed by atoms with van der Waals surface area (Å²) in [6, 6.07) is 173. The van der Waals surface area contributed by atoms with Crippen LogP contribution in [0, 0.1) is 0 Å². The average molecular weight is 1760 g/mol. The summed E-state index contributed by atoms with van der Waals surface area (Å²) in [5, 5.41) is 29.6. The third-order valence-electron chi connectivity index (χ3n) is 26.7. The second-order valence-corrected chi connectivity index (χ2v) is 35.0. The Morgan fingerprint density at radius 2 is 0.261 bits per heavy atom. The van der Waals surface area contributed by atoms with E-state index in [1.54, 1.807) is 0 Å². The zero-order valence-electron chi connectivity index (χ0n) is 74.8. The maximum absolute atomic E-state index is 5.11. The van der Waals surface area contributed by atoms with Gasteiger partial charge in [0.25, 0.3) is 0 Å². The number of rotatable bonds is 12. The maximum Gasteiger partial charge on any atom is 0.164 e. The minimum absolute atomic E-state index is 0.644. The Balaban J connectivity index is 0.000000110. The predicted molar refractivity (Wildman–Crippen MR) is 575 cm³/mol. The van der Waals surface area contributed by atoms with E-state index in [0.717, 1.165) is 82.9 Å². The van der Waals surface area contributed by atoms with Crippen molar-refractivity contribution in [3.63, 3.8) is 0 Å². The zero-order valence-corrected chi connectivity index (χ0v) is 74.8. The van der Waals surface area contributed by atoms with Gasteiger partial charge in [0.1, 0.15) is 0 Å². The van der Waals surface area contributed by atoms with Crippen molar-refractivity contribution in [2.24, 2.45) is 0 Å². The molecule has 0 radical (unpaired) electrons. The van der Waals surface area contributed by atoms with Crippen molar-refractivity contribution in [3.8, 4) is 136 Å². The summed E-state index contributed by atoms with van der Waals surface area (Å²) in [5.41, 5.74) is 15.5. The van der Waals surface area contributed by atoms with Gasteiger partial charge in [-0.1, -0.05) is 455 Å². The van der Waals surface area contributed by atoms with Crippen LogP contribution in [-0.2, 0) is 0 Å². The molecule has 3 heterocycles. The van der Waals surface area contributed by atoms with Crippen LogP contribution >= 0.6 is 0 Å². The van der Waals surface area contributed by atoms with Crippen molar-refractivity contribution < 1.29 is 0 Å². The molecule has 0 amide bonds. The number of hydrogen-bond acceptors (Lipinski definition) is 9. The first-order valence-electron chi connectivity index (χ1n) is 46.6. The maximum atomic E-state index is 5.11. The summed E-state index contributed by atoms with van der Waals surface area (Å²) in [6.07, 6.45) is 0. The third-order valence-corrected chi connectivity index (χ3v) is 26.7. The Kier molecular flexibility index (Phi) is 20.8. The third kappa shape index (κ3) is 15.5. The van der Waals surface area contributed by atoms with Crippen molar-refractivity contribution in [2.75, 3.05) is 0 Å². The van der Waals surface area contributed by atoms with Gasteiger partial charge in [0, 0.05) is 50.1 Å². The summed E-state index contributed by atoms with van der Waals surface area (Å²) in [7, 11) is 0. The molecule has 0 aliphatic rings. The van der Waals surface area contributed by atoms with Crippen molar-refractivity contribution in [3.05, 3.63) is 491 Å². The smallest absolute Gasteiger partial charge is 0.164 e. The topological polar surface area (TPSA) is 116 Å². The Hall–Kier alpha value is -18.6. The minimum atomic E-state index is 0.644. The van der Waals surface area contributed by atoms with Crippen LogP contribution in [0.5, 0.6) is 0 Å². The van der Waals surface area contributed by atoms with E-state index >= 15 is 0 Å². The molecule has 0 saturated carbocycles. The highest BCUT2D eigenvalue weighted by atomic mass is 15.1. The Morgan fingerprint density at radius 3 is 0.543 bits per heavy atom. The van der Waals surface area contributed by atoms with Crippen LogP contribution in [0.1, 0.15) is 0 Å². The fourth-order valence-corrected chi connectivity index (χ4v) is 19.8. The van der Waals surface area contributed by atoms with Crippen LogP contribution in [-0.4, -0.2) is 44.9 Å². The van der Waals surface area contributed by atoms with E-state index in [4.69, 9.17) is 44.9 Å². The van der Waals surface area contributed by atoms with Gasteiger partial charge in [-0.05, 0) is 199 Å². The van der Waals surface area contributed by atoms with Gasteiger partial charge in [-0.15, -0.1) is 0 Å². The second-order valence-electron chi connectivity index (χ2n) is 35.0. The molecule has 138 heavy (non-hydrogen) atoms. The molecule has 642 valence electrons. The zero-order chi connectivity index (χ0) is 91.4. The molecule has 0 aliphatic carbocycles. The van der Waals surface area contributed by atoms with Crippen molar-refractivity contribution >= 4 is 129 Å². The van der Waals surface area contributed by atoms with E-state index in [1.807, 2.05) is 91.0 Å². The molecular weight excluding hydrogens is 1680 g/mol. The van der Waals surface area contributed by atoms with Gasteiger partial charge in [-0.25, -0.2) is 44.9 Å². The molecule has 9 heteroatoms. The molecule has 0 aliphatic heterocycles. The average Bonchev–Trinajstić information content (AvgIpc) is 0.755. The van der Waals surface area contributed by atoms with Gasteiger partial charge < -0.3 is 0 Å². The van der Waals surface area contributed by atoms with Gasteiger partial charge in [0.05, 0.1) is 0 Å². The van der Waals surface area contributed by atoms with E-state index in [9.17, 15) is 0 Å². The van der Waals surface area contributed by atoms with Crippen LogP contribution in [0.3, 0.4) is 0 Å². The normalized spacial score (nSPS) is 11.5. The quantitative estimate of drug-likeness (QED) is 0.110. The van der Waals surface area contributed by atoms with Gasteiger partial charge in [-0.3, -0.25) is 0 Å². The van der Waals surface area contributed by atoms with Gasteiger partial charge in [0.2, 0.25) is 0 Å². The lowest BCUT2D eigenvalue weighted by Gasteiger charge is -2.13. The van der Waals surface area contributed by atoms with E-state index in [1.165, 1.54) is 130 Å². The summed E-state index contributed by atoms with van der Waals surface area (Å²) in [6.45, 7) is 0. The van der Waals surface area contributed by atoms with Crippen LogP contribution in [0.25, 0.3) is 265 Å². The fraction of sp³-hybridized carbons (Fsp3) is 0. The highest BCUT2D eigenvalue weighted by Gasteiger charge is 2.22. The SMILES string of the molecule is c1cc(-c2nc(-c3ccc4ccccc4c3)nc(-c3ccc4ccccc4c3)n2)cc(-c2cccc3c2ccc2c4ccccc4ccc32)c1.c1ccc(-c2nc(-c3cccc(-c4cccc5c4ccc4c6ccccc6ccc54)c3)nc(-c3ccc4ccccc4c3)n2)cc1.c1ccc(-c2nc(-c3ccccc3)nc(-c3cccc(-c4cccc5c4ccc4c6ccccc6ccc54)c3)n2)cc1. The monoisotopic (exact) mass is 1760 g/mol. The lowest BCUT2D eigenvalue weighted by Crippen LogP contribution is -2.00. The number of aromatic nitrogens is 9. The molecule has 3 aromatic heterocycles. The van der Waals surface area contributed by atoms with E-state index in [2.05, 4.69) is 400 Å². The molecular formula is C129H81N9. The van der Waals surface area contributed by atoms with E-state index < -0.39 is 0 Å². The molecule has 0 bridgehead atoms. The number of fused-ring (bicyclic) bond motifs is 18. The summed E-state index contributed by atoms with van der Waals surface area (Å²) >= 11 is 0. The van der Waals surface area contributed by atoms with Gasteiger partial charge >= 0.3 is 0 Å². The molecule has 27 rings (SSSR count). The molecule has 27 aromatic rings. The van der Waals surface area contributed by atoms with Crippen molar-refractivity contribution in [2.45, 2.75) is 0 Å². The Bertz CT molecular complexity index is 9340. The number of benzene rings is 24. The second kappa shape index (κ2) is 35.2. The first-order chi connectivity index (χ1) is 68.3. The molecule has 24 aromatic carbocycles. The summed E-state index contributed by atoms with van der Waals surface area (Å²) < 4.78 is 0. The van der Waals surface area contributed by atoms with Crippen LogP contribution in [0.15, 0.2) is 491 Å². The largest absolute Gasteiger partial charge is 0.208 e. The van der Waals surface area contributed by atoms with Crippen molar-refractivity contribution in [1.82, 2.24) is 44.9 Å². The van der Waals surface area contributed by atoms with Crippen molar-refractivity contribution in [1.29, 1.82) is 0 Å². The first kappa shape index (κ1) is 81.4. The summed E-state index contributed by atoms with van der Waals surface area (Å²) in [5.74, 6) is 5.88. The fourth-order valence-electron chi connectivity index (χ4n) is 19.8. The molecule has 9 nitrogen and oxygen atoms in total. The summed E-state index contributed by atoms with van der Waals surface area (Å²) in [4.78, 5) is 45.0. The molecule has 0 N–H and O–H groups in total. The van der Waals surface area contributed by atoms with Gasteiger partial charge in [-0.2, -0.15) is 0 Å². The van der Waals surface area contributed by atoms with Crippen LogP contribution in [0.4, 0.5) is 0 Å². The molecule has 0 atom stereocenters. The molecule has 0 unspecified atom stereocenters.